The number of anilines is 1. The molecule has 0 aromatic heterocycles. The number of hydrogen-bond donors (Lipinski definition) is 0. The van der Waals surface area contributed by atoms with Crippen LogP contribution in [0, 0.1) is 0 Å². The zero-order valence-electron chi connectivity index (χ0n) is 26.8. The first kappa shape index (κ1) is 29.4. The van der Waals surface area contributed by atoms with E-state index in [9.17, 15) is 0 Å². The van der Waals surface area contributed by atoms with E-state index in [1.807, 2.05) is 12.1 Å². The van der Waals surface area contributed by atoms with Crippen molar-refractivity contribution in [1.29, 1.82) is 0 Å². The molecule has 8 rings (SSSR count). The van der Waals surface area contributed by atoms with Crippen molar-refractivity contribution >= 4 is 39.6 Å². The second-order valence-electron chi connectivity index (χ2n) is 12.4. The minimum absolute atomic E-state index is 0.253. The van der Waals surface area contributed by atoms with Crippen molar-refractivity contribution in [3.05, 3.63) is 182 Å². The number of rotatable bonds is 8. The lowest BCUT2D eigenvalue weighted by Gasteiger charge is -2.33. The van der Waals surface area contributed by atoms with Gasteiger partial charge >= 0.3 is 0 Å². The third kappa shape index (κ3) is 5.52. The smallest absolute Gasteiger partial charge is 0.0856 e. The third-order valence-electron chi connectivity index (χ3n) is 9.51. The molecule has 0 aliphatic heterocycles. The van der Waals surface area contributed by atoms with E-state index in [-0.39, 0.29) is 6.04 Å². The second-order valence-corrected chi connectivity index (χ2v) is 12.4. The largest absolute Gasteiger partial charge is 0.359 e. The van der Waals surface area contributed by atoms with Gasteiger partial charge in [0.15, 0.2) is 0 Å². The fraction of sp³-hybridized carbons (Fsp3) is 0.0652. The first-order valence-electron chi connectivity index (χ1n) is 16.6. The van der Waals surface area contributed by atoms with E-state index in [1.165, 1.54) is 60.5 Å². The molecule has 48 heavy (non-hydrogen) atoms. The highest BCUT2D eigenvalue weighted by Crippen LogP contribution is 2.44. The summed E-state index contributed by atoms with van der Waals surface area (Å²) in [5, 5.41) is 5.06. The molecular weight excluding hydrogens is 581 g/mol. The normalized spacial score (nSPS) is 14.0. The molecule has 0 saturated heterocycles. The van der Waals surface area contributed by atoms with Gasteiger partial charge < -0.3 is 4.90 Å². The van der Waals surface area contributed by atoms with Crippen molar-refractivity contribution in [2.45, 2.75) is 19.0 Å². The van der Waals surface area contributed by atoms with Gasteiger partial charge in [-0.2, -0.15) is 0 Å². The number of allylic oxidation sites excluding steroid dienone is 2. The van der Waals surface area contributed by atoms with E-state index >= 15 is 0 Å². The van der Waals surface area contributed by atoms with Gasteiger partial charge in [-0.25, -0.2) is 0 Å². The number of fused-ring (bicyclic) bond motifs is 2. The molecule has 1 atom stereocenters. The Hall–Kier alpha value is -5.99. The lowest BCUT2D eigenvalue weighted by Crippen LogP contribution is -2.33. The minimum atomic E-state index is 0.253. The molecule has 0 heterocycles. The molecule has 0 amide bonds. The molecule has 2 nitrogen and oxygen atoms in total. The highest BCUT2D eigenvalue weighted by Gasteiger charge is 2.20. The van der Waals surface area contributed by atoms with Crippen LogP contribution in [0.5, 0.6) is 0 Å². The Labute approximate surface area is 282 Å². The monoisotopic (exact) mass is 616 g/mol. The van der Waals surface area contributed by atoms with Gasteiger partial charge in [0, 0.05) is 6.54 Å². The van der Waals surface area contributed by atoms with Gasteiger partial charge in [-0.3, -0.25) is 4.99 Å². The summed E-state index contributed by atoms with van der Waals surface area (Å²) in [5.74, 6) is 0. The topological polar surface area (TPSA) is 15.6 Å². The molecule has 0 saturated carbocycles. The summed E-state index contributed by atoms with van der Waals surface area (Å²) in [6, 6.07) is 55.1. The minimum Gasteiger partial charge on any atom is -0.359 e. The van der Waals surface area contributed by atoms with Crippen molar-refractivity contribution in [1.82, 2.24) is 0 Å². The van der Waals surface area contributed by atoms with Gasteiger partial charge in [0.05, 0.1) is 17.4 Å². The van der Waals surface area contributed by atoms with Crippen molar-refractivity contribution in [2.75, 3.05) is 4.90 Å². The van der Waals surface area contributed by atoms with Gasteiger partial charge in [-0.1, -0.05) is 158 Å². The van der Waals surface area contributed by atoms with E-state index < -0.39 is 0 Å². The quantitative estimate of drug-likeness (QED) is 0.122. The summed E-state index contributed by atoms with van der Waals surface area (Å²) in [5.41, 5.74) is 10.7. The zero-order valence-corrected chi connectivity index (χ0v) is 26.8. The van der Waals surface area contributed by atoms with Gasteiger partial charge in [-0.15, -0.1) is 0 Å². The fourth-order valence-electron chi connectivity index (χ4n) is 7.21. The Morgan fingerprint density at radius 3 is 1.77 bits per heavy atom. The van der Waals surface area contributed by atoms with Crippen LogP contribution in [0.4, 0.5) is 11.4 Å². The highest BCUT2D eigenvalue weighted by molar-refractivity contribution is 6.21. The number of para-hydroxylation sites is 2. The Bertz CT molecular complexity index is 2300. The van der Waals surface area contributed by atoms with E-state index in [2.05, 4.69) is 180 Å². The van der Waals surface area contributed by atoms with Crippen LogP contribution in [0.2, 0.25) is 0 Å². The van der Waals surface area contributed by atoms with Crippen LogP contribution in [0.3, 0.4) is 0 Å². The summed E-state index contributed by atoms with van der Waals surface area (Å²) >= 11 is 0. The lowest BCUT2D eigenvalue weighted by atomic mass is 9.85. The zero-order chi connectivity index (χ0) is 32.3. The third-order valence-corrected chi connectivity index (χ3v) is 9.51. The van der Waals surface area contributed by atoms with Crippen molar-refractivity contribution < 1.29 is 0 Å². The fourth-order valence-corrected chi connectivity index (χ4v) is 7.21. The van der Waals surface area contributed by atoms with Crippen molar-refractivity contribution in [2.24, 2.45) is 4.99 Å². The molecule has 1 aliphatic rings. The average molecular weight is 617 g/mol. The molecule has 0 bridgehead atoms. The second kappa shape index (κ2) is 13.0. The summed E-state index contributed by atoms with van der Waals surface area (Å²) in [6.45, 7) is 4.62. The average Bonchev–Trinajstić information content (AvgIpc) is 3.17. The van der Waals surface area contributed by atoms with Gasteiger partial charge in [0.1, 0.15) is 0 Å². The van der Waals surface area contributed by atoms with Crippen molar-refractivity contribution in [3.8, 4) is 33.4 Å². The van der Waals surface area contributed by atoms with E-state index in [0.717, 1.165) is 24.3 Å². The molecular formula is C46H36N2. The van der Waals surface area contributed by atoms with Gasteiger partial charge in [0.2, 0.25) is 0 Å². The first-order valence-corrected chi connectivity index (χ1v) is 16.6. The Morgan fingerprint density at radius 2 is 1.12 bits per heavy atom. The maximum Gasteiger partial charge on any atom is 0.0856 e. The molecule has 1 unspecified atom stereocenters. The number of aliphatic imine (C=N–C) groups is 1. The molecule has 0 N–H and O–H groups in total. The molecule has 7 aromatic rings. The van der Waals surface area contributed by atoms with Crippen LogP contribution >= 0.6 is 0 Å². The standard InChI is InChI=1S/C46H36N2/c1-47-43-23-13-14-24-44(43)48(38-19-9-4-10-20-38)32-33-25-27-34(28-26-33)37-29-30-41-42(31-37)46(36-17-7-3-8-18-36)40-22-12-11-21-39(40)45(41)35-15-5-2-6-16-35/h2-19,21-31,38H,1,20,32H2. The van der Waals surface area contributed by atoms with E-state index in [4.69, 9.17) is 0 Å². The molecule has 0 fully saturated rings. The SMILES string of the molecule is C=Nc1ccccc1N(Cc1ccc(-c2ccc3c(-c4ccccc4)c4ccccc4c(-c4ccccc4)c3c2)cc1)C1C=CC=CC1. The first-order chi connectivity index (χ1) is 23.8. The van der Waals surface area contributed by atoms with Crippen LogP contribution in [0.25, 0.3) is 54.9 Å². The van der Waals surface area contributed by atoms with Crippen LogP contribution in [-0.4, -0.2) is 12.8 Å². The lowest BCUT2D eigenvalue weighted by molar-refractivity contribution is 0.686. The molecule has 7 aromatic carbocycles. The molecule has 2 heteroatoms. The van der Waals surface area contributed by atoms with Crippen LogP contribution < -0.4 is 4.90 Å². The molecule has 0 radical (unpaired) electrons. The predicted octanol–water partition coefficient (Wildman–Crippen LogP) is 12.2. The molecule has 230 valence electrons. The maximum absolute atomic E-state index is 4.35. The van der Waals surface area contributed by atoms with E-state index in [0.29, 0.717) is 0 Å². The number of hydrogen-bond acceptors (Lipinski definition) is 2. The number of nitrogens with zero attached hydrogens (tertiary/aromatic N) is 2. The summed E-state index contributed by atoms with van der Waals surface area (Å²) in [6.07, 6.45) is 9.74. The molecule has 0 spiro atoms. The predicted molar refractivity (Wildman–Crippen MR) is 206 cm³/mol. The van der Waals surface area contributed by atoms with Crippen molar-refractivity contribution in [3.63, 3.8) is 0 Å². The molecule has 1 aliphatic carbocycles. The Morgan fingerprint density at radius 1 is 0.542 bits per heavy atom. The van der Waals surface area contributed by atoms with Gasteiger partial charge in [0.25, 0.3) is 0 Å². The van der Waals surface area contributed by atoms with Crippen LogP contribution in [0.15, 0.2) is 181 Å². The maximum atomic E-state index is 4.35. The van der Waals surface area contributed by atoms with E-state index in [1.54, 1.807) is 0 Å². The van der Waals surface area contributed by atoms with Crippen LogP contribution in [0.1, 0.15) is 12.0 Å². The number of benzene rings is 7. The van der Waals surface area contributed by atoms with Gasteiger partial charge in [-0.05, 0) is 91.8 Å². The summed E-state index contributed by atoms with van der Waals surface area (Å²) < 4.78 is 0. The Kier molecular flexibility index (Phi) is 7.98. The Balaban J connectivity index is 1.23. The summed E-state index contributed by atoms with van der Waals surface area (Å²) in [7, 11) is 0. The highest BCUT2D eigenvalue weighted by atomic mass is 15.2. The summed E-state index contributed by atoms with van der Waals surface area (Å²) in [4.78, 5) is 6.79. The van der Waals surface area contributed by atoms with Crippen LogP contribution in [-0.2, 0) is 6.54 Å².